The second-order valence-electron chi connectivity index (χ2n) is 7.23. The van der Waals surface area contributed by atoms with Crippen LogP contribution in [0.15, 0.2) is 42.5 Å². The van der Waals surface area contributed by atoms with Crippen LogP contribution in [0.5, 0.6) is 5.75 Å². The molecule has 2 aromatic carbocycles. The molecule has 1 saturated heterocycles. The zero-order chi connectivity index (χ0) is 21.7. The maximum Gasteiger partial charge on any atom is 0.311 e. The minimum absolute atomic E-state index is 0.0395. The molecular formula is C23H26N2O5. The number of carbonyl (C=O) groups is 3. The molecule has 1 fully saturated rings. The van der Waals surface area contributed by atoms with Crippen molar-refractivity contribution in [2.75, 3.05) is 30.0 Å². The molecule has 0 radical (unpaired) electrons. The van der Waals surface area contributed by atoms with Crippen LogP contribution in [0.2, 0.25) is 0 Å². The Labute approximate surface area is 176 Å². The summed E-state index contributed by atoms with van der Waals surface area (Å²) in [6.07, 6.45) is 0.0395. The van der Waals surface area contributed by atoms with Crippen LogP contribution < -0.4 is 15.0 Å². The molecule has 0 saturated carbocycles. The van der Waals surface area contributed by atoms with Crippen molar-refractivity contribution < 1.29 is 23.9 Å². The van der Waals surface area contributed by atoms with E-state index in [0.717, 1.165) is 11.1 Å². The first-order valence-electron chi connectivity index (χ1n) is 9.95. The van der Waals surface area contributed by atoms with Crippen molar-refractivity contribution in [3.05, 3.63) is 53.6 Å². The lowest BCUT2D eigenvalue weighted by atomic mass is 10.1. The molecule has 7 nitrogen and oxygen atoms in total. The van der Waals surface area contributed by atoms with Crippen molar-refractivity contribution in [1.29, 1.82) is 0 Å². The summed E-state index contributed by atoms with van der Waals surface area (Å²) in [6, 6.07) is 12.9. The van der Waals surface area contributed by atoms with Crippen molar-refractivity contribution in [3.63, 3.8) is 0 Å². The van der Waals surface area contributed by atoms with Gasteiger partial charge in [-0.3, -0.25) is 14.4 Å². The smallest absolute Gasteiger partial charge is 0.311 e. The summed E-state index contributed by atoms with van der Waals surface area (Å²) in [6.45, 7) is 5.93. The molecule has 0 aromatic heterocycles. The third-order valence-electron chi connectivity index (χ3n) is 5.01. The average Bonchev–Trinajstić information content (AvgIpc) is 3.11. The zero-order valence-electron chi connectivity index (χ0n) is 17.4. The molecule has 0 spiro atoms. The highest BCUT2D eigenvalue weighted by atomic mass is 16.5. The summed E-state index contributed by atoms with van der Waals surface area (Å²) in [7, 11) is 0. The number of para-hydroxylation sites is 3. The quantitative estimate of drug-likeness (QED) is 0.709. The minimum atomic E-state index is -0.625. The van der Waals surface area contributed by atoms with Gasteiger partial charge >= 0.3 is 5.97 Å². The molecule has 0 bridgehead atoms. The molecule has 1 N–H and O–H groups in total. The van der Waals surface area contributed by atoms with Crippen LogP contribution in [0.25, 0.3) is 0 Å². The largest absolute Gasteiger partial charge is 0.492 e. The summed E-state index contributed by atoms with van der Waals surface area (Å²) in [5.74, 6) is -1.18. The lowest BCUT2D eigenvalue weighted by Crippen LogP contribution is -2.28. The number of nitrogens with one attached hydrogen (secondary N) is 1. The Kier molecular flexibility index (Phi) is 6.72. The van der Waals surface area contributed by atoms with E-state index in [2.05, 4.69) is 5.32 Å². The number of aryl methyl sites for hydroxylation is 2. The van der Waals surface area contributed by atoms with Gasteiger partial charge in [-0.1, -0.05) is 30.3 Å². The first-order chi connectivity index (χ1) is 14.4. The Bertz CT molecular complexity index is 936. The van der Waals surface area contributed by atoms with Gasteiger partial charge in [-0.15, -0.1) is 0 Å². The third-order valence-corrected chi connectivity index (χ3v) is 5.01. The predicted molar refractivity (Wildman–Crippen MR) is 114 cm³/mol. The van der Waals surface area contributed by atoms with E-state index in [4.69, 9.17) is 9.47 Å². The van der Waals surface area contributed by atoms with Gasteiger partial charge in [-0.25, -0.2) is 0 Å². The molecule has 0 aliphatic carbocycles. The Hall–Kier alpha value is -3.35. The molecule has 1 heterocycles. The number of carbonyl (C=O) groups excluding carboxylic acids is 3. The number of benzene rings is 2. The van der Waals surface area contributed by atoms with E-state index in [1.807, 2.05) is 51.1 Å². The van der Waals surface area contributed by atoms with Crippen LogP contribution in [0.1, 0.15) is 24.5 Å². The van der Waals surface area contributed by atoms with Crippen LogP contribution in [0.3, 0.4) is 0 Å². The third kappa shape index (κ3) is 4.79. The topological polar surface area (TPSA) is 84.9 Å². The molecule has 1 aliphatic heterocycles. The Balaban J connectivity index is 1.58. The van der Waals surface area contributed by atoms with Gasteiger partial charge in [-0.05, 0) is 44.0 Å². The first kappa shape index (κ1) is 21.4. The number of rotatable bonds is 7. The molecule has 7 heteroatoms. The highest BCUT2D eigenvalue weighted by Crippen LogP contribution is 2.33. The molecule has 2 aromatic rings. The van der Waals surface area contributed by atoms with Gasteiger partial charge in [0.2, 0.25) is 5.91 Å². The summed E-state index contributed by atoms with van der Waals surface area (Å²) < 4.78 is 10.8. The van der Waals surface area contributed by atoms with Crippen molar-refractivity contribution in [1.82, 2.24) is 0 Å². The van der Waals surface area contributed by atoms with Gasteiger partial charge in [-0.2, -0.15) is 0 Å². The Morgan fingerprint density at radius 1 is 1.10 bits per heavy atom. The lowest BCUT2D eigenvalue weighted by molar-refractivity contribution is -0.151. The van der Waals surface area contributed by atoms with E-state index < -0.39 is 24.4 Å². The summed E-state index contributed by atoms with van der Waals surface area (Å²) in [5.41, 5.74) is 3.21. The van der Waals surface area contributed by atoms with Crippen molar-refractivity contribution >= 4 is 29.2 Å². The molecule has 1 aliphatic rings. The molecule has 1 atom stereocenters. The number of hydrogen-bond acceptors (Lipinski definition) is 5. The van der Waals surface area contributed by atoms with Gasteiger partial charge in [0.15, 0.2) is 6.61 Å². The van der Waals surface area contributed by atoms with E-state index in [0.29, 0.717) is 23.7 Å². The van der Waals surface area contributed by atoms with E-state index in [9.17, 15) is 14.4 Å². The Morgan fingerprint density at radius 2 is 1.80 bits per heavy atom. The van der Waals surface area contributed by atoms with Gasteiger partial charge in [0.25, 0.3) is 5.91 Å². The van der Waals surface area contributed by atoms with Crippen molar-refractivity contribution in [2.24, 2.45) is 5.92 Å². The van der Waals surface area contributed by atoms with Crippen molar-refractivity contribution in [2.45, 2.75) is 27.2 Å². The number of esters is 1. The standard InChI is InChI=1S/C23H26N2O5/c1-4-29-19-11-6-5-10-18(19)25-13-17(12-21(25)27)23(28)30-14-20(26)24-22-15(2)8-7-9-16(22)3/h5-11,17H,4,12-14H2,1-3H3,(H,24,26)/t17-/m1/s1. The number of anilines is 2. The molecule has 30 heavy (non-hydrogen) atoms. The van der Waals surface area contributed by atoms with E-state index in [1.165, 1.54) is 4.90 Å². The van der Waals surface area contributed by atoms with Crippen molar-refractivity contribution in [3.8, 4) is 5.75 Å². The number of ether oxygens (including phenoxy) is 2. The van der Waals surface area contributed by atoms with Crippen LogP contribution in [0, 0.1) is 19.8 Å². The average molecular weight is 410 g/mol. The highest BCUT2D eigenvalue weighted by molar-refractivity contribution is 6.01. The van der Waals surface area contributed by atoms with Crippen LogP contribution in [0.4, 0.5) is 11.4 Å². The van der Waals surface area contributed by atoms with Crippen LogP contribution in [-0.2, 0) is 19.1 Å². The number of hydrogen-bond donors (Lipinski definition) is 1. The van der Waals surface area contributed by atoms with E-state index in [1.54, 1.807) is 12.1 Å². The summed E-state index contributed by atoms with van der Waals surface area (Å²) >= 11 is 0. The van der Waals surface area contributed by atoms with Crippen LogP contribution in [-0.4, -0.2) is 37.5 Å². The molecule has 3 rings (SSSR count). The molecular weight excluding hydrogens is 384 g/mol. The van der Waals surface area contributed by atoms with Gasteiger partial charge in [0.1, 0.15) is 5.75 Å². The molecule has 0 unspecified atom stereocenters. The SMILES string of the molecule is CCOc1ccccc1N1C[C@H](C(=O)OCC(=O)Nc2c(C)cccc2C)CC1=O. The number of nitrogens with zero attached hydrogens (tertiary/aromatic N) is 1. The lowest BCUT2D eigenvalue weighted by Gasteiger charge is -2.20. The highest BCUT2D eigenvalue weighted by Gasteiger charge is 2.37. The second kappa shape index (κ2) is 9.43. The summed E-state index contributed by atoms with van der Waals surface area (Å²) in [5, 5.41) is 2.78. The maximum absolute atomic E-state index is 12.5. The van der Waals surface area contributed by atoms with Gasteiger partial charge in [0, 0.05) is 18.7 Å². The monoisotopic (exact) mass is 410 g/mol. The normalized spacial score (nSPS) is 15.8. The fourth-order valence-corrected chi connectivity index (χ4v) is 3.50. The fraction of sp³-hybridized carbons (Fsp3) is 0.348. The first-order valence-corrected chi connectivity index (χ1v) is 9.95. The maximum atomic E-state index is 12.5. The number of amides is 2. The molecule has 2 amide bonds. The second-order valence-corrected chi connectivity index (χ2v) is 7.23. The van der Waals surface area contributed by atoms with E-state index in [-0.39, 0.29) is 18.9 Å². The van der Waals surface area contributed by atoms with Gasteiger partial charge < -0.3 is 19.7 Å². The summed E-state index contributed by atoms with van der Waals surface area (Å²) in [4.78, 5) is 38.7. The van der Waals surface area contributed by atoms with Gasteiger partial charge in [0.05, 0.1) is 18.2 Å². The fourth-order valence-electron chi connectivity index (χ4n) is 3.50. The molecule has 158 valence electrons. The minimum Gasteiger partial charge on any atom is -0.492 e. The zero-order valence-corrected chi connectivity index (χ0v) is 17.4. The predicted octanol–water partition coefficient (Wildman–Crippen LogP) is 3.24. The van der Waals surface area contributed by atoms with E-state index >= 15 is 0 Å². The Morgan fingerprint density at radius 3 is 2.50 bits per heavy atom. The van der Waals surface area contributed by atoms with Crippen LogP contribution >= 0.6 is 0 Å².